The maximum Gasteiger partial charge on any atom is 0.149 e. The zero-order chi connectivity index (χ0) is 13.9. The Morgan fingerprint density at radius 1 is 1.53 bits per heavy atom. The Morgan fingerprint density at radius 2 is 2.21 bits per heavy atom. The highest BCUT2D eigenvalue weighted by atomic mass is 15.1. The maximum absolute atomic E-state index is 8.78. The molecule has 2 heterocycles. The normalized spacial score (nSPS) is 18.8. The fourth-order valence-electron chi connectivity index (χ4n) is 2.32. The highest BCUT2D eigenvalue weighted by Gasteiger charge is 2.28. The smallest absolute Gasteiger partial charge is 0.149 e. The van der Waals surface area contributed by atoms with Crippen molar-refractivity contribution in [3.63, 3.8) is 0 Å². The summed E-state index contributed by atoms with van der Waals surface area (Å²) in [6, 6.07) is 3.70. The molecular weight excluding hydrogens is 238 g/mol. The number of nitrogens with zero attached hydrogens (tertiary/aromatic N) is 3. The predicted molar refractivity (Wildman–Crippen MR) is 76.7 cm³/mol. The molecule has 0 atom stereocenters. The number of nitrogens with one attached hydrogen (secondary N) is 1. The van der Waals surface area contributed by atoms with E-state index in [0.717, 1.165) is 19.6 Å². The molecule has 0 radical (unpaired) electrons. The molecule has 0 amide bonds. The molecule has 0 saturated carbocycles. The molecule has 0 aliphatic carbocycles. The van der Waals surface area contributed by atoms with Gasteiger partial charge in [0, 0.05) is 12.7 Å². The van der Waals surface area contributed by atoms with Crippen molar-refractivity contribution in [2.24, 2.45) is 5.41 Å². The van der Waals surface area contributed by atoms with E-state index in [1.807, 2.05) is 6.07 Å². The number of rotatable bonds is 3. The summed E-state index contributed by atoms with van der Waals surface area (Å²) >= 11 is 0. The summed E-state index contributed by atoms with van der Waals surface area (Å²) in [5.74, 6) is 0.680. The summed E-state index contributed by atoms with van der Waals surface area (Å²) in [6.45, 7) is 5.43. The van der Waals surface area contributed by atoms with Crippen LogP contribution in [0.4, 0.5) is 11.5 Å². The van der Waals surface area contributed by atoms with Crippen molar-refractivity contribution in [1.82, 2.24) is 9.88 Å². The van der Waals surface area contributed by atoms with Gasteiger partial charge >= 0.3 is 0 Å². The minimum absolute atomic E-state index is 0.286. The van der Waals surface area contributed by atoms with E-state index < -0.39 is 0 Å². The Balaban J connectivity index is 1.97. The molecule has 0 spiro atoms. The van der Waals surface area contributed by atoms with Crippen LogP contribution in [-0.4, -0.2) is 36.6 Å². The average Bonchev–Trinajstić information content (AvgIpc) is 2.41. The largest absolute Gasteiger partial charge is 0.396 e. The zero-order valence-corrected chi connectivity index (χ0v) is 11.6. The first-order valence-electron chi connectivity index (χ1n) is 6.60. The second kappa shape index (κ2) is 5.45. The lowest BCUT2D eigenvalue weighted by molar-refractivity contribution is 0.150. The second-order valence-corrected chi connectivity index (χ2v) is 5.74. The highest BCUT2D eigenvalue weighted by molar-refractivity contribution is 5.63. The number of anilines is 2. The Morgan fingerprint density at radius 3 is 2.79 bits per heavy atom. The first-order chi connectivity index (χ1) is 9.02. The SMILES string of the molecule is CN1CCC(C)(CNc2ncc(C#N)cc2N)CC1. The number of hydrogen-bond acceptors (Lipinski definition) is 5. The van der Waals surface area contributed by atoms with Gasteiger partial charge in [-0.15, -0.1) is 0 Å². The number of hydrogen-bond donors (Lipinski definition) is 2. The van der Waals surface area contributed by atoms with Gasteiger partial charge in [-0.2, -0.15) is 5.26 Å². The summed E-state index contributed by atoms with van der Waals surface area (Å²) in [6.07, 6.45) is 3.90. The number of aromatic nitrogens is 1. The van der Waals surface area contributed by atoms with Crippen LogP contribution >= 0.6 is 0 Å². The Labute approximate surface area is 114 Å². The van der Waals surface area contributed by atoms with Gasteiger partial charge < -0.3 is 16.0 Å². The summed E-state index contributed by atoms with van der Waals surface area (Å²) in [5.41, 5.74) is 7.21. The van der Waals surface area contributed by atoms with Gasteiger partial charge in [-0.25, -0.2) is 4.98 Å². The van der Waals surface area contributed by atoms with Crippen LogP contribution in [0.1, 0.15) is 25.3 Å². The zero-order valence-electron chi connectivity index (χ0n) is 11.6. The van der Waals surface area contributed by atoms with Crippen molar-refractivity contribution in [2.45, 2.75) is 19.8 Å². The van der Waals surface area contributed by atoms with Gasteiger partial charge in [0.1, 0.15) is 11.9 Å². The number of pyridine rings is 1. The van der Waals surface area contributed by atoms with E-state index in [2.05, 4.69) is 29.2 Å². The first kappa shape index (κ1) is 13.6. The molecule has 0 bridgehead atoms. The van der Waals surface area contributed by atoms with E-state index in [9.17, 15) is 0 Å². The minimum Gasteiger partial charge on any atom is -0.396 e. The molecule has 1 fully saturated rings. The van der Waals surface area contributed by atoms with Crippen molar-refractivity contribution < 1.29 is 0 Å². The standard InChI is InChI=1S/C14H21N5/c1-14(3-5-19(2)6-4-14)10-18-13-12(16)7-11(8-15)9-17-13/h7,9H,3-6,10,16H2,1-2H3,(H,17,18). The summed E-state index contributed by atoms with van der Waals surface area (Å²) in [7, 11) is 2.16. The molecule has 1 saturated heterocycles. The molecule has 1 aliphatic rings. The van der Waals surface area contributed by atoms with Crippen LogP contribution in [0.5, 0.6) is 0 Å². The Kier molecular flexibility index (Phi) is 3.91. The average molecular weight is 259 g/mol. The maximum atomic E-state index is 8.78. The van der Waals surface area contributed by atoms with Crippen LogP contribution < -0.4 is 11.1 Å². The van der Waals surface area contributed by atoms with E-state index in [1.165, 1.54) is 12.8 Å². The van der Waals surface area contributed by atoms with Crippen molar-refractivity contribution in [3.8, 4) is 6.07 Å². The third kappa shape index (κ3) is 3.36. The number of nitriles is 1. The summed E-state index contributed by atoms with van der Waals surface area (Å²) in [4.78, 5) is 6.57. The van der Waals surface area contributed by atoms with Gasteiger partial charge in [0.05, 0.1) is 11.3 Å². The molecule has 0 aromatic carbocycles. The van der Waals surface area contributed by atoms with Crippen molar-refractivity contribution in [3.05, 3.63) is 17.8 Å². The van der Waals surface area contributed by atoms with Crippen LogP contribution in [0.3, 0.4) is 0 Å². The topological polar surface area (TPSA) is 78.0 Å². The van der Waals surface area contributed by atoms with E-state index in [4.69, 9.17) is 11.0 Å². The van der Waals surface area contributed by atoms with E-state index >= 15 is 0 Å². The minimum atomic E-state index is 0.286. The van der Waals surface area contributed by atoms with Gasteiger partial charge in [0.2, 0.25) is 0 Å². The van der Waals surface area contributed by atoms with Crippen molar-refractivity contribution in [2.75, 3.05) is 37.7 Å². The molecule has 5 heteroatoms. The number of nitrogens with two attached hydrogens (primary N) is 1. The lowest BCUT2D eigenvalue weighted by atomic mass is 9.80. The van der Waals surface area contributed by atoms with Crippen LogP contribution in [0.15, 0.2) is 12.3 Å². The molecule has 102 valence electrons. The van der Waals surface area contributed by atoms with Gasteiger partial charge in [0.25, 0.3) is 0 Å². The predicted octanol–water partition coefficient (Wildman–Crippen LogP) is 1.68. The number of nitrogen functional groups attached to an aromatic ring is 1. The van der Waals surface area contributed by atoms with Crippen LogP contribution in [-0.2, 0) is 0 Å². The second-order valence-electron chi connectivity index (χ2n) is 5.74. The molecule has 19 heavy (non-hydrogen) atoms. The fraction of sp³-hybridized carbons (Fsp3) is 0.571. The Bertz CT molecular complexity index is 483. The third-order valence-corrected chi connectivity index (χ3v) is 3.92. The molecule has 5 nitrogen and oxygen atoms in total. The fourth-order valence-corrected chi connectivity index (χ4v) is 2.32. The molecule has 1 aliphatic heterocycles. The van der Waals surface area contributed by atoms with Crippen LogP contribution in [0, 0.1) is 16.7 Å². The quantitative estimate of drug-likeness (QED) is 0.863. The molecule has 1 aromatic heterocycles. The Hall–Kier alpha value is -1.80. The highest BCUT2D eigenvalue weighted by Crippen LogP contribution is 2.31. The number of piperidine rings is 1. The van der Waals surface area contributed by atoms with Gasteiger partial charge in [-0.1, -0.05) is 6.92 Å². The molecular formula is C14H21N5. The van der Waals surface area contributed by atoms with E-state index in [1.54, 1.807) is 12.3 Å². The van der Waals surface area contributed by atoms with Crippen molar-refractivity contribution in [1.29, 1.82) is 5.26 Å². The van der Waals surface area contributed by atoms with Crippen molar-refractivity contribution >= 4 is 11.5 Å². The molecule has 2 rings (SSSR count). The molecule has 0 unspecified atom stereocenters. The lowest BCUT2D eigenvalue weighted by Crippen LogP contribution is -2.40. The van der Waals surface area contributed by atoms with Crippen LogP contribution in [0.25, 0.3) is 0 Å². The van der Waals surface area contributed by atoms with Crippen LogP contribution in [0.2, 0.25) is 0 Å². The van der Waals surface area contributed by atoms with Gasteiger partial charge in [-0.3, -0.25) is 0 Å². The molecule has 3 N–H and O–H groups in total. The van der Waals surface area contributed by atoms with E-state index in [-0.39, 0.29) is 5.41 Å². The monoisotopic (exact) mass is 259 g/mol. The van der Waals surface area contributed by atoms with Gasteiger partial charge in [-0.05, 0) is 44.5 Å². The molecule has 1 aromatic rings. The first-order valence-corrected chi connectivity index (χ1v) is 6.60. The number of likely N-dealkylation sites (tertiary alicyclic amines) is 1. The summed E-state index contributed by atoms with van der Waals surface area (Å²) < 4.78 is 0. The van der Waals surface area contributed by atoms with Gasteiger partial charge in [0.15, 0.2) is 0 Å². The summed E-state index contributed by atoms with van der Waals surface area (Å²) in [5, 5.41) is 12.1. The van der Waals surface area contributed by atoms with E-state index in [0.29, 0.717) is 17.1 Å². The lowest BCUT2D eigenvalue weighted by Gasteiger charge is -2.38. The third-order valence-electron chi connectivity index (χ3n) is 3.92.